The summed E-state index contributed by atoms with van der Waals surface area (Å²) in [5.41, 5.74) is 0.371. The van der Waals surface area contributed by atoms with Crippen LogP contribution in [0.5, 0.6) is 0 Å². The van der Waals surface area contributed by atoms with Crippen molar-refractivity contribution in [1.82, 2.24) is 19.6 Å². The van der Waals surface area contributed by atoms with E-state index in [1.54, 1.807) is 12.3 Å². The van der Waals surface area contributed by atoms with E-state index >= 15 is 0 Å². The van der Waals surface area contributed by atoms with E-state index in [1.807, 2.05) is 56.2 Å². The van der Waals surface area contributed by atoms with Crippen molar-refractivity contribution in [2.45, 2.75) is 65.0 Å². The number of hydrogen-bond acceptors (Lipinski definition) is 3. The lowest BCUT2D eigenvalue weighted by atomic mass is 9.91. The minimum Gasteiger partial charge on any atom is -0.354 e. The normalized spacial score (nSPS) is 18.9. The number of allylic oxidation sites excluding steroid dienone is 6. The van der Waals surface area contributed by atoms with Gasteiger partial charge in [0.15, 0.2) is 0 Å². The van der Waals surface area contributed by atoms with E-state index in [0.29, 0.717) is 23.1 Å². The summed E-state index contributed by atoms with van der Waals surface area (Å²) < 4.78 is 81.7. The van der Waals surface area contributed by atoms with Gasteiger partial charge in [0, 0.05) is 48.2 Å². The van der Waals surface area contributed by atoms with Gasteiger partial charge in [0.2, 0.25) is 0 Å². The zero-order valence-corrected chi connectivity index (χ0v) is 24.2. The van der Waals surface area contributed by atoms with Crippen LogP contribution in [0.1, 0.15) is 45.6 Å². The molecule has 5 nitrogen and oxygen atoms in total. The van der Waals surface area contributed by atoms with Crippen molar-refractivity contribution in [1.29, 1.82) is 0 Å². The highest BCUT2D eigenvalue weighted by molar-refractivity contribution is 6.02. The third kappa shape index (κ3) is 7.61. The fraction of sp³-hybridized carbons (Fsp3) is 0.375. The molecule has 1 aliphatic carbocycles. The monoisotopic (exact) mass is 601 g/mol. The highest BCUT2D eigenvalue weighted by Gasteiger charge is 2.42. The Labute approximate surface area is 247 Å². The number of likely N-dealkylation sites (tertiary alicyclic amines) is 1. The van der Waals surface area contributed by atoms with E-state index in [2.05, 4.69) is 22.6 Å². The zero-order chi connectivity index (χ0) is 31.5. The summed E-state index contributed by atoms with van der Waals surface area (Å²) in [6.07, 6.45) is 3.58. The van der Waals surface area contributed by atoms with Crippen LogP contribution in [-0.4, -0.2) is 56.9 Å². The predicted molar refractivity (Wildman–Crippen MR) is 158 cm³/mol. The van der Waals surface area contributed by atoms with Gasteiger partial charge >= 0.3 is 12.4 Å². The van der Waals surface area contributed by atoms with Crippen molar-refractivity contribution < 1.29 is 26.3 Å². The largest absolute Gasteiger partial charge is 0.416 e. The van der Waals surface area contributed by atoms with Crippen molar-refractivity contribution in [2.75, 3.05) is 13.1 Å². The number of fused-ring (bicyclic) bond motifs is 1. The standard InChI is InChI=1S/C32H33F6N5/c1-6-13-41(7-2)27-12-14-42(20-27)30(39-21(3)4)22(5)15-23-8-11-29-25(16-23)19-43(40-29)18-24-9-10-26(31(33,34)35)17-28(24)32(36,37)38/h2,6,8,11,13,15-17,19,27H,3,9-10,12,14,18,20H2,1,4-5H3/b13-6-,22-15+,39-30?. The SMILES string of the molecule is C#CN(/C=C\C)C1CCN(C(=NC(=C)C)/C(C)=C/c2ccc3nn(CC4=C(C(F)(F)F)C=C(C(F)(F)F)CC4)cc3c2)C1. The Bertz CT molecular complexity index is 1580. The number of aromatic nitrogens is 2. The second-order valence-electron chi connectivity index (χ2n) is 10.7. The maximum Gasteiger partial charge on any atom is 0.416 e. The number of terminal acetylenes is 1. The first-order valence-corrected chi connectivity index (χ1v) is 13.8. The molecule has 2 aliphatic rings. The van der Waals surface area contributed by atoms with E-state index in [4.69, 9.17) is 11.4 Å². The summed E-state index contributed by atoms with van der Waals surface area (Å²) in [5, 5.41) is 5.07. The Hall–Kier alpha value is -4.20. The van der Waals surface area contributed by atoms with Crippen LogP contribution in [0.15, 0.2) is 82.3 Å². The Morgan fingerprint density at radius 1 is 1.19 bits per heavy atom. The molecule has 0 amide bonds. The summed E-state index contributed by atoms with van der Waals surface area (Å²) in [5.74, 6) is 0.776. The molecule has 0 N–H and O–H groups in total. The first kappa shape index (κ1) is 31.7. The van der Waals surface area contributed by atoms with Gasteiger partial charge in [-0.05, 0) is 81.0 Å². The molecule has 4 rings (SSSR count). The smallest absolute Gasteiger partial charge is 0.354 e. The van der Waals surface area contributed by atoms with Crippen LogP contribution in [0.4, 0.5) is 26.3 Å². The Balaban J connectivity index is 1.59. The number of hydrogen-bond donors (Lipinski definition) is 0. The van der Waals surface area contributed by atoms with E-state index in [1.165, 1.54) is 4.68 Å². The lowest BCUT2D eigenvalue weighted by molar-refractivity contribution is -0.0993. The van der Waals surface area contributed by atoms with Crippen molar-refractivity contribution in [2.24, 2.45) is 4.99 Å². The minimum absolute atomic E-state index is 0.133. The number of benzene rings is 1. The molecule has 1 aromatic heterocycles. The third-order valence-corrected chi connectivity index (χ3v) is 7.34. The number of aliphatic imine (C=N–C) groups is 1. The van der Waals surface area contributed by atoms with Crippen LogP contribution in [0.25, 0.3) is 17.0 Å². The van der Waals surface area contributed by atoms with Crippen molar-refractivity contribution >= 4 is 22.8 Å². The van der Waals surface area contributed by atoms with Gasteiger partial charge < -0.3 is 9.80 Å². The van der Waals surface area contributed by atoms with Crippen LogP contribution in [0.3, 0.4) is 0 Å². The van der Waals surface area contributed by atoms with E-state index < -0.39 is 29.9 Å². The number of halogens is 6. The second kappa shape index (κ2) is 12.6. The fourth-order valence-electron chi connectivity index (χ4n) is 5.40. The molecule has 11 heteroatoms. The van der Waals surface area contributed by atoms with Gasteiger partial charge in [0.05, 0.1) is 23.7 Å². The van der Waals surface area contributed by atoms with Gasteiger partial charge in [-0.2, -0.15) is 31.4 Å². The molecule has 0 saturated carbocycles. The summed E-state index contributed by atoms with van der Waals surface area (Å²) in [4.78, 5) is 8.73. The molecule has 1 aliphatic heterocycles. The second-order valence-corrected chi connectivity index (χ2v) is 10.7. The first-order valence-electron chi connectivity index (χ1n) is 13.8. The van der Waals surface area contributed by atoms with Crippen LogP contribution >= 0.6 is 0 Å². The van der Waals surface area contributed by atoms with Gasteiger partial charge in [-0.3, -0.25) is 4.68 Å². The Morgan fingerprint density at radius 2 is 1.93 bits per heavy atom. The van der Waals surface area contributed by atoms with Crippen LogP contribution in [-0.2, 0) is 6.54 Å². The molecular formula is C32H33F6N5. The van der Waals surface area contributed by atoms with Gasteiger partial charge in [-0.15, -0.1) is 0 Å². The molecule has 1 atom stereocenters. The predicted octanol–water partition coefficient (Wildman–Crippen LogP) is 8.01. The molecule has 0 radical (unpaired) electrons. The minimum atomic E-state index is -4.90. The van der Waals surface area contributed by atoms with E-state index in [9.17, 15) is 26.3 Å². The molecule has 0 bridgehead atoms. The molecule has 2 aromatic rings. The lowest BCUT2D eigenvalue weighted by Crippen LogP contribution is -2.34. The number of rotatable bonds is 7. The molecule has 1 fully saturated rings. The molecule has 0 spiro atoms. The number of nitrogens with zero attached hydrogens (tertiary/aromatic N) is 5. The maximum absolute atomic E-state index is 13.7. The topological polar surface area (TPSA) is 36.7 Å². The van der Waals surface area contributed by atoms with Gasteiger partial charge in [0.1, 0.15) is 5.84 Å². The summed E-state index contributed by atoms with van der Waals surface area (Å²) in [7, 11) is 0. The zero-order valence-electron chi connectivity index (χ0n) is 24.2. The highest BCUT2D eigenvalue weighted by Crippen LogP contribution is 2.41. The number of amidine groups is 1. The maximum atomic E-state index is 13.7. The molecule has 2 heterocycles. The van der Waals surface area contributed by atoms with Crippen molar-refractivity contribution in [3.05, 3.63) is 82.9 Å². The van der Waals surface area contributed by atoms with Crippen LogP contribution in [0, 0.1) is 12.5 Å². The average molecular weight is 602 g/mol. The molecule has 43 heavy (non-hydrogen) atoms. The van der Waals surface area contributed by atoms with Crippen LogP contribution < -0.4 is 0 Å². The van der Waals surface area contributed by atoms with Gasteiger partial charge in [0.25, 0.3) is 0 Å². The molecule has 228 valence electrons. The Kier molecular flexibility index (Phi) is 9.28. The van der Waals surface area contributed by atoms with Crippen molar-refractivity contribution in [3.63, 3.8) is 0 Å². The molecule has 1 aromatic carbocycles. The quantitative estimate of drug-likeness (QED) is 0.106. The molecule has 1 saturated heterocycles. The molecule has 1 unspecified atom stereocenters. The summed E-state index contributed by atoms with van der Waals surface area (Å²) in [6.45, 7) is 10.8. The Morgan fingerprint density at radius 3 is 2.56 bits per heavy atom. The highest BCUT2D eigenvalue weighted by atomic mass is 19.4. The van der Waals surface area contributed by atoms with Crippen molar-refractivity contribution in [3.8, 4) is 12.5 Å². The van der Waals surface area contributed by atoms with Crippen LogP contribution in [0.2, 0.25) is 0 Å². The fourth-order valence-corrected chi connectivity index (χ4v) is 5.40. The molecular weight excluding hydrogens is 568 g/mol. The summed E-state index contributed by atoms with van der Waals surface area (Å²) >= 11 is 0. The first-order chi connectivity index (χ1) is 20.2. The van der Waals surface area contributed by atoms with E-state index in [0.717, 1.165) is 29.9 Å². The van der Waals surface area contributed by atoms with E-state index in [-0.39, 0.29) is 30.7 Å². The third-order valence-electron chi connectivity index (χ3n) is 7.34. The summed E-state index contributed by atoms with van der Waals surface area (Å²) in [6, 6.07) is 8.32. The number of alkyl halides is 6. The average Bonchev–Trinajstić information content (AvgIpc) is 3.56. The van der Waals surface area contributed by atoms with Gasteiger partial charge in [-0.25, -0.2) is 4.99 Å². The lowest BCUT2D eigenvalue weighted by Gasteiger charge is -2.24. The van der Waals surface area contributed by atoms with Gasteiger partial charge in [-0.1, -0.05) is 25.1 Å².